The molecule has 2 nitrogen and oxygen atoms in total. The van der Waals surface area contributed by atoms with E-state index < -0.39 is 0 Å². The maximum Gasteiger partial charge on any atom is 0.0968 e. The SMILES string of the molecule is CCC/C(C#N)=C(/N)c1ccc2cc(Br)ccc2c1. The van der Waals surface area contributed by atoms with E-state index in [0.29, 0.717) is 11.3 Å². The average molecular weight is 315 g/mol. The van der Waals surface area contributed by atoms with E-state index in [1.807, 2.05) is 37.3 Å². The van der Waals surface area contributed by atoms with Crippen molar-refractivity contribution < 1.29 is 0 Å². The van der Waals surface area contributed by atoms with Crippen molar-refractivity contribution in [3.63, 3.8) is 0 Å². The molecule has 0 radical (unpaired) electrons. The summed E-state index contributed by atoms with van der Waals surface area (Å²) in [4.78, 5) is 0. The first-order valence-corrected chi connectivity index (χ1v) is 7.03. The molecular weight excluding hydrogens is 300 g/mol. The number of halogens is 1. The molecule has 0 bridgehead atoms. The Balaban J connectivity index is 2.52. The Morgan fingerprint density at radius 1 is 1.21 bits per heavy atom. The molecule has 2 aromatic carbocycles. The fourth-order valence-electron chi connectivity index (χ4n) is 2.06. The van der Waals surface area contributed by atoms with Gasteiger partial charge in [0.05, 0.1) is 17.3 Å². The van der Waals surface area contributed by atoms with Crippen molar-refractivity contribution in [3.8, 4) is 6.07 Å². The molecule has 0 aliphatic carbocycles. The monoisotopic (exact) mass is 314 g/mol. The number of nitrogens with zero attached hydrogens (tertiary/aromatic N) is 1. The zero-order chi connectivity index (χ0) is 13.8. The van der Waals surface area contributed by atoms with Gasteiger partial charge >= 0.3 is 0 Å². The predicted molar refractivity (Wildman–Crippen MR) is 83.3 cm³/mol. The number of nitriles is 1. The molecule has 0 fully saturated rings. The zero-order valence-corrected chi connectivity index (χ0v) is 12.4. The molecule has 0 spiro atoms. The van der Waals surface area contributed by atoms with Crippen molar-refractivity contribution in [2.45, 2.75) is 19.8 Å². The second-order valence-electron chi connectivity index (χ2n) is 4.46. The number of nitrogens with two attached hydrogens (primary N) is 1. The summed E-state index contributed by atoms with van der Waals surface area (Å²) in [7, 11) is 0. The van der Waals surface area contributed by atoms with Crippen LogP contribution in [0, 0.1) is 11.3 Å². The van der Waals surface area contributed by atoms with Crippen LogP contribution in [0.2, 0.25) is 0 Å². The van der Waals surface area contributed by atoms with Gasteiger partial charge in [0.2, 0.25) is 0 Å². The van der Waals surface area contributed by atoms with E-state index in [9.17, 15) is 0 Å². The first kappa shape index (κ1) is 13.6. The first-order chi connectivity index (χ1) is 9.15. The lowest BCUT2D eigenvalue weighted by atomic mass is 10.0. The van der Waals surface area contributed by atoms with E-state index in [1.54, 1.807) is 0 Å². The van der Waals surface area contributed by atoms with Crippen molar-refractivity contribution in [1.82, 2.24) is 0 Å². The van der Waals surface area contributed by atoms with Gasteiger partial charge in [-0.3, -0.25) is 0 Å². The molecule has 0 unspecified atom stereocenters. The summed E-state index contributed by atoms with van der Waals surface area (Å²) in [5.41, 5.74) is 8.28. The van der Waals surface area contributed by atoms with Gasteiger partial charge in [-0.05, 0) is 41.0 Å². The summed E-state index contributed by atoms with van der Waals surface area (Å²) in [6.45, 7) is 2.04. The molecule has 0 aromatic heterocycles. The van der Waals surface area contributed by atoms with Gasteiger partial charge in [0.25, 0.3) is 0 Å². The van der Waals surface area contributed by atoms with Crippen LogP contribution < -0.4 is 5.73 Å². The molecule has 0 amide bonds. The molecule has 2 rings (SSSR count). The van der Waals surface area contributed by atoms with Crippen LogP contribution in [0.4, 0.5) is 0 Å². The molecule has 0 heterocycles. The molecule has 0 aliphatic heterocycles. The van der Waals surface area contributed by atoms with E-state index in [-0.39, 0.29) is 0 Å². The van der Waals surface area contributed by atoms with Gasteiger partial charge in [-0.2, -0.15) is 5.26 Å². The minimum absolute atomic E-state index is 0.592. The summed E-state index contributed by atoms with van der Waals surface area (Å²) in [6.07, 6.45) is 1.64. The summed E-state index contributed by atoms with van der Waals surface area (Å²) in [5.74, 6) is 0. The Kier molecular flexibility index (Phi) is 4.24. The quantitative estimate of drug-likeness (QED) is 0.842. The fraction of sp³-hybridized carbons (Fsp3) is 0.188. The number of hydrogen-bond acceptors (Lipinski definition) is 2. The van der Waals surface area contributed by atoms with Crippen LogP contribution in [0.1, 0.15) is 25.3 Å². The van der Waals surface area contributed by atoms with Crippen molar-refractivity contribution in [3.05, 3.63) is 52.0 Å². The van der Waals surface area contributed by atoms with Crippen LogP contribution in [0.15, 0.2) is 46.4 Å². The van der Waals surface area contributed by atoms with Crippen molar-refractivity contribution in [1.29, 1.82) is 5.26 Å². The lowest BCUT2D eigenvalue weighted by Crippen LogP contribution is -2.01. The molecule has 96 valence electrons. The minimum Gasteiger partial charge on any atom is -0.397 e. The van der Waals surface area contributed by atoms with E-state index in [4.69, 9.17) is 11.0 Å². The van der Waals surface area contributed by atoms with E-state index >= 15 is 0 Å². The van der Waals surface area contributed by atoms with Crippen LogP contribution in [0.5, 0.6) is 0 Å². The Bertz CT molecular complexity index is 681. The van der Waals surface area contributed by atoms with Gasteiger partial charge in [-0.15, -0.1) is 0 Å². The van der Waals surface area contributed by atoms with Gasteiger partial charge in [0.1, 0.15) is 0 Å². The molecule has 19 heavy (non-hydrogen) atoms. The molecule has 2 N–H and O–H groups in total. The Morgan fingerprint density at radius 3 is 2.58 bits per heavy atom. The molecular formula is C16H15BrN2. The van der Waals surface area contributed by atoms with E-state index in [0.717, 1.165) is 33.7 Å². The lowest BCUT2D eigenvalue weighted by molar-refractivity contribution is 0.929. The van der Waals surface area contributed by atoms with Crippen molar-refractivity contribution >= 4 is 32.4 Å². The smallest absolute Gasteiger partial charge is 0.0968 e. The second kappa shape index (κ2) is 5.90. The average Bonchev–Trinajstić information content (AvgIpc) is 2.43. The van der Waals surface area contributed by atoms with Crippen molar-refractivity contribution in [2.24, 2.45) is 5.73 Å². The zero-order valence-electron chi connectivity index (χ0n) is 10.8. The third-order valence-corrected chi connectivity index (χ3v) is 3.57. The number of allylic oxidation sites excluding steroid dienone is 1. The third kappa shape index (κ3) is 2.97. The van der Waals surface area contributed by atoms with Crippen LogP contribution in [0.3, 0.4) is 0 Å². The lowest BCUT2D eigenvalue weighted by Gasteiger charge is -2.07. The predicted octanol–water partition coefficient (Wildman–Crippen LogP) is 4.60. The highest BCUT2D eigenvalue weighted by Gasteiger charge is 2.06. The second-order valence-corrected chi connectivity index (χ2v) is 5.38. The van der Waals surface area contributed by atoms with Crippen molar-refractivity contribution in [2.75, 3.05) is 0 Å². The van der Waals surface area contributed by atoms with Gasteiger partial charge in [-0.25, -0.2) is 0 Å². The Labute approximate surface area is 121 Å². The summed E-state index contributed by atoms with van der Waals surface area (Å²) < 4.78 is 1.06. The summed E-state index contributed by atoms with van der Waals surface area (Å²) >= 11 is 3.46. The van der Waals surface area contributed by atoms with Gasteiger partial charge in [-0.1, -0.05) is 47.5 Å². The first-order valence-electron chi connectivity index (χ1n) is 6.24. The van der Waals surface area contributed by atoms with Crippen LogP contribution in [-0.4, -0.2) is 0 Å². The van der Waals surface area contributed by atoms with Crippen LogP contribution >= 0.6 is 15.9 Å². The molecule has 0 atom stereocenters. The maximum atomic E-state index is 9.14. The largest absolute Gasteiger partial charge is 0.397 e. The van der Waals surface area contributed by atoms with Gasteiger partial charge in [0, 0.05) is 4.47 Å². The highest BCUT2D eigenvalue weighted by Crippen LogP contribution is 2.24. The topological polar surface area (TPSA) is 49.8 Å². The van der Waals surface area contributed by atoms with Gasteiger partial charge < -0.3 is 5.73 Å². The molecule has 2 aromatic rings. The fourth-order valence-corrected chi connectivity index (χ4v) is 2.44. The Hall–Kier alpha value is -1.79. The highest BCUT2D eigenvalue weighted by molar-refractivity contribution is 9.10. The minimum atomic E-state index is 0.592. The molecule has 0 aliphatic rings. The van der Waals surface area contributed by atoms with Crippen LogP contribution in [0.25, 0.3) is 16.5 Å². The van der Waals surface area contributed by atoms with E-state index in [1.165, 1.54) is 0 Å². The third-order valence-electron chi connectivity index (χ3n) is 3.07. The standard InChI is InChI=1S/C16H15BrN2/c1-2-3-14(10-18)16(19)13-5-4-12-9-15(17)7-6-11(12)8-13/h4-9H,2-3,19H2,1H3/b16-14-. The molecule has 0 saturated heterocycles. The van der Waals surface area contributed by atoms with Gasteiger partial charge in [0.15, 0.2) is 0 Å². The number of rotatable bonds is 3. The maximum absolute atomic E-state index is 9.14. The number of benzene rings is 2. The Morgan fingerprint density at radius 2 is 1.89 bits per heavy atom. The number of fused-ring (bicyclic) bond motifs is 1. The van der Waals surface area contributed by atoms with Crippen LogP contribution in [-0.2, 0) is 0 Å². The summed E-state index contributed by atoms with van der Waals surface area (Å²) in [6, 6.07) is 14.4. The molecule has 3 heteroatoms. The molecule has 0 saturated carbocycles. The normalized spacial score (nSPS) is 12.1. The number of hydrogen-bond donors (Lipinski definition) is 1. The summed E-state index contributed by atoms with van der Waals surface area (Å²) in [5, 5.41) is 11.4. The van der Waals surface area contributed by atoms with E-state index in [2.05, 4.69) is 28.1 Å². The highest BCUT2D eigenvalue weighted by atomic mass is 79.9.